The summed E-state index contributed by atoms with van der Waals surface area (Å²) in [6.45, 7) is 3.55. The summed E-state index contributed by atoms with van der Waals surface area (Å²) < 4.78 is 1.11. The Hall–Kier alpha value is -2.38. The molecule has 3 aromatic rings. The number of quaternary nitrogens is 1. The molecule has 0 saturated heterocycles. The Morgan fingerprint density at radius 2 is 0.731 bits per heavy atom. The lowest BCUT2D eigenvalue weighted by Crippen LogP contribution is -2.48. The Kier molecular flexibility index (Phi) is 6.62. The van der Waals surface area contributed by atoms with Gasteiger partial charge in [0.1, 0.15) is 0 Å². The Bertz CT molecular complexity index is 644. The summed E-state index contributed by atoms with van der Waals surface area (Å²) in [6.07, 6.45) is 3.42. The van der Waals surface area contributed by atoms with E-state index < -0.39 is 0 Å². The number of hydrogen-bond donors (Lipinski definition) is 0. The van der Waals surface area contributed by atoms with E-state index in [2.05, 4.69) is 98.0 Å². The molecule has 0 spiro atoms. The molecule has 0 aromatic heterocycles. The summed E-state index contributed by atoms with van der Waals surface area (Å²) in [5.41, 5.74) is 4.32. The van der Waals surface area contributed by atoms with Crippen molar-refractivity contribution in [3.63, 3.8) is 0 Å². The summed E-state index contributed by atoms with van der Waals surface area (Å²) in [6, 6.07) is 32.7. The monoisotopic (exact) mass is 344 g/mol. The normalized spacial score (nSPS) is 11.4. The molecule has 3 rings (SSSR count). The van der Waals surface area contributed by atoms with E-state index >= 15 is 0 Å². The van der Waals surface area contributed by atoms with Gasteiger partial charge in [-0.05, 0) is 16.7 Å². The second kappa shape index (κ2) is 9.35. The van der Waals surface area contributed by atoms with Gasteiger partial charge in [0.25, 0.3) is 0 Å². The van der Waals surface area contributed by atoms with Gasteiger partial charge in [0, 0.05) is 19.3 Å². The van der Waals surface area contributed by atoms with Gasteiger partial charge in [0.2, 0.25) is 0 Å². The van der Waals surface area contributed by atoms with Gasteiger partial charge in [-0.25, -0.2) is 0 Å². The summed E-state index contributed by atoms with van der Waals surface area (Å²) in [7, 11) is 2.43. The molecule has 0 aliphatic heterocycles. The van der Waals surface area contributed by atoms with Crippen molar-refractivity contribution < 1.29 is 4.48 Å². The van der Waals surface area contributed by atoms with Crippen LogP contribution in [0.4, 0.5) is 0 Å². The van der Waals surface area contributed by atoms with Crippen LogP contribution in [0.3, 0.4) is 0 Å². The summed E-state index contributed by atoms with van der Waals surface area (Å²) >= 11 is 0. The number of likely N-dealkylation sites (N-methyl/N-ethyl adjacent to an activating group) is 1. The zero-order chi connectivity index (χ0) is 18.1. The molecular formula is C25H30N+. The lowest BCUT2D eigenvalue weighted by atomic mass is 10.1. The van der Waals surface area contributed by atoms with Crippen molar-refractivity contribution in [1.29, 1.82) is 0 Å². The molecule has 1 nitrogen and oxygen atoms in total. The summed E-state index contributed by atoms with van der Waals surface area (Å²) in [5, 5.41) is 0. The fourth-order valence-electron chi connectivity index (χ4n) is 3.47. The van der Waals surface area contributed by atoms with Gasteiger partial charge in [0.15, 0.2) is 0 Å². The Labute approximate surface area is 158 Å². The van der Waals surface area contributed by atoms with Gasteiger partial charge in [-0.2, -0.15) is 0 Å². The molecule has 3 aromatic carbocycles. The molecule has 0 heterocycles. The van der Waals surface area contributed by atoms with Gasteiger partial charge in [-0.1, -0.05) is 91.0 Å². The molecule has 0 atom stereocenters. The molecule has 0 bridgehead atoms. The van der Waals surface area contributed by atoms with Gasteiger partial charge in [-0.15, -0.1) is 0 Å². The average Bonchev–Trinajstić information content (AvgIpc) is 2.72. The quantitative estimate of drug-likeness (QED) is 0.470. The van der Waals surface area contributed by atoms with Crippen LogP contribution in [0.1, 0.15) is 16.7 Å². The van der Waals surface area contributed by atoms with E-state index in [4.69, 9.17) is 0 Å². The van der Waals surface area contributed by atoms with Crippen molar-refractivity contribution in [2.45, 2.75) is 19.3 Å². The fraction of sp³-hybridized carbons (Fsp3) is 0.280. The highest BCUT2D eigenvalue weighted by molar-refractivity contribution is 5.16. The van der Waals surface area contributed by atoms with E-state index in [1.165, 1.54) is 36.3 Å². The van der Waals surface area contributed by atoms with E-state index in [0.29, 0.717) is 0 Å². The molecule has 0 fully saturated rings. The molecule has 0 saturated carbocycles. The highest BCUT2D eigenvalue weighted by Crippen LogP contribution is 2.13. The average molecular weight is 345 g/mol. The SMILES string of the molecule is C[N+](CCc1ccccc1)(CCc1ccccc1)CCc1ccccc1. The van der Waals surface area contributed by atoms with Crippen LogP contribution in [0.15, 0.2) is 91.0 Å². The largest absolute Gasteiger partial charge is 0.325 e. The van der Waals surface area contributed by atoms with E-state index in [0.717, 1.165) is 23.7 Å². The smallest absolute Gasteiger partial charge is 0.0825 e. The second-order valence-corrected chi connectivity index (χ2v) is 7.50. The van der Waals surface area contributed by atoms with Crippen LogP contribution in [0.2, 0.25) is 0 Å². The standard InChI is InChI=1S/C25H30N/c1-26(20-17-23-11-5-2-6-12-23,21-18-24-13-7-3-8-14-24)22-19-25-15-9-4-10-16-25/h2-16H,17-22H2,1H3/q+1. The zero-order valence-corrected chi connectivity index (χ0v) is 15.9. The van der Waals surface area contributed by atoms with Gasteiger partial charge in [-0.3, -0.25) is 0 Å². The minimum atomic E-state index is 1.11. The van der Waals surface area contributed by atoms with E-state index in [-0.39, 0.29) is 0 Å². The van der Waals surface area contributed by atoms with Crippen molar-refractivity contribution in [1.82, 2.24) is 0 Å². The third-order valence-corrected chi connectivity index (χ3v) is 5.35. The minimum absolute atomic E-state index is 1.11. The van der Waals surface area contributed by atoms with Crippen LogP contribution in [-0.4, -0.2) is 31.2 Å². The highest BCUT2D eigenvalue weighted by Gasteiger charge is 2.21. The first kappa shape index (κ1) is 18.4. The maximum absolute atomic E-state index is 2.43. The highest BCUT2D eigenvalue weighted by atomic mass is 15.3. The summed E-state index contributed by atoms with van der Waals surface area (Å²) in [4.78, 5) is 0. The molecule has 0 amide bonds. The predicted octanol–water partition coefficient (Wildman–Crippen LogP) is 5.16. The van der Waals surface area contributed by atoms with Gasteiger partial charge >= 0.3 is 0 Å². The Morgan fingerprint density at radius 3 is 1.00 bits per heavy atom. The van der Waals surface area contributed by atoms with Crippen molar-refractivity contribution in [3.05, 3.63) is 108 Å². The molecule has 0 unspecified atom stereocenters. The number of rotatable bonds is 9. The van der Waals surface area contributed by atoms with Crippen LogP contribution < -0.4 is 0 Å². The van der Waals surface area contributed by atoms with Crippen LogP contribution in [0, 0.1) is 0 Å². The van der Waals surface area contributed by atoms with Crippen LogP contribution >= 0.6 is 0 Å². The molecule has 134 valence electrons. The number of benzene rings is 3. The number of nitrogens with zero attached hydrogens (tertiary/aromatic N) is 1. The van der Waals surface area contributed by atoms with Crippen LogP contribution in [0.25, 0.3) is 0 Å². The molecular weight excluding hydrogens is 314 g/mol. The third kappa shape index (κ3) is 5.86. The Balaban J connectivity index is 1.64. The lowest BCUT2D eigenvalue weighted by Gasteiger charge is -2.35. The molecule has 1 heteroatoms. The predicted molar refractivity (Wildman–Crippen MR) is 111 cm³/mol. The van der Waals surface area contributed by atoms with E-state index in [9.17, 15) is 0 Å². The third-order valence-electron chi connectivity index (χ3n) is 5.35. The molecule has 0 aliphatic carbocycles. The number of hydrogen-bond acceptors (Lipinski definition) is 0. The molecule has 0 aliphatic rings. The maximum Gasteiger partial charge on any atom is 0.0825 e. The van der Waals surface area contributed by atoms with Crippen molar-refractivity contribution >= 4 is 0 Å². The maximum atomic E-state index is 2.43. The van der Waals surface area contributed by atoms with Crippen LogP contribution in [0.5, 0.6) is 0 Å². The fourth-order valence-corrected chi connectivity index (χ4v) is 3.47. The minimum Gasteiger partial charge on any atom is -0.325 e. The Morgan fingerprint density at radius 1 is 0.462 bits per heavy atom. The van der Waals surface area contributed by atoms with Crippen LogP contribution in [-0.2, 0) is 19.3 Å². The van der Waals surface area contributed by atoms with E-state index in [1.54, 1.807) is 0 Å². The van der Waals surface area contributed by atoms with Crippen molar-refractivity contribution in [2.24, 2.45) is 0 Å². The van der Waals surface area contributed by atoms with Gasteiger partial charge in [0.05, 0.1) is 26.7 Å². The lowest BCUT2D eigenvalue weighted by molar-refractivity contribution is -0.909. The first-order valence-electron chi connectivity index (χ1n) is 9.69. The molecule has 0 N–H and O–H groups in total. The van der Waals surface area contributed by atoms with Crippen molar-refractivity contribution in [3.8, 4) is 0 Å². The van der Waals surface area contributed by atoms with E-state index in [1.807, 2.05) is 0 Å². The molecule has 26 heavy (non-hydrogen) atoms. The summed E-state index contributed by atoms with van der Waals surface area (Å²) in [5.74, 6) is 0. The first-order chi connectivity index (χ1) is 12.7. The van der Waals surface area contributed by atoms with Crippen molar-refractivity contribution in [2.75, 3.05) is 26.7 Å². The second-order valence-electron chi connectivity index (χ2n) is 7.50. The molecule has 0 radical (unpaired) electrons. The first-order valence-corrected chi connectivity index (χ1v) is 9.69. The topological polar surface area (TPSA) is 0 Å². The van der Waals surface area contributed by atoms with Gasteiger partial charge < -0.3 is 4.48 Å². The zero-order valence-electron chi connectivity index (χ0n) is 15.9.